The second kappa shape index (κ2) is 10.4. The lowest BCUT2D eigenvalue weighted by Crippen LogP contribution is -2.36. The molecule has 3 aromatic rings. The van der Waals surface area contributed by atoms with Gasteiger partial charge in [-0.2, -0.15) is 0 Å². The van der Waals surface area contributed by atoms with Crippen LogP contribution in [0.5, 0.6) is 11.5 Å². The number of aryl methyl sites for hydroxylation is 1. The molecule has 0 fully saturated rings. The predicted octanol–water partition coefficient (Wildman–Crippen LogP) is 5.29. The molecule has 0 bridgehead atoms. The molecular formula is C26H27FN2O4. The van der Waals surface area contributed by atoms with Crippen LogP contribution >= 0.6 is 0 Å². The van der Waals surface area contributed by atoms with Crippen LogP contribution in [0.3, 0.4) is 0 Å². The van der Waals surface area contributed by atoms with Gasteiger partial charge in [-0.3, -0.25) is 0 Å². The van der Waals surface area contributed by atoms with E-state index < -0.39 is 0 Å². The molecule has 0 radical (unpaired) electrons. The van der Waals surface area contributed by atoms with Gasteiger partial charge in [0.1, 0.15) is 23.9 Å². The number of anilines is 1. The topological polar surface area (TPSA) is 60.0 Å². The molecule has 7 heteroatoms. The largest absolute Gasteiger partial charge is 0.495 e. The molecule has 1 aliphatic rings. The molecule has 1 heterocycles. The SMILES string of the molecule is COc1ccc(C)cc1NC(=O)N1CCOc2ccc(COCc3cccc(F)c3)cc2C1. The smallest absolute Gasteiger partial charge is 0.322 e. The molecule has 0 unspecified atom stereocenters. The molecule has 0 spiro atoms. The first-order chi connectivity index (χ1) is 16.0. The summed E-state index contributed by atoms with van der Waals surface area (Å²) in [5.41, 5.74) is 4.30. The Morgan fingerprint density at radius 3 is 2.70 bits per heavy atom. The lowest BCUT2D eigenvalue weighted by Gasteiger charge is -2.21. The second-order valence-electron chi connectivity index (χ2n) is 7.97. The number of fused-ring (bicyclic) bond motifs is 1. The quantitative estimate of drug-likeness (QED) is 0.555. The molecule has 2 amide bonds. The number of carbonyl (C=O) groups is 1. The maximum atomic E-state index is 13.3. The highest BCUT2D eigenvalue weighted by Crippen LogP contribution is 2.28. The molecule has 1 N–H and O–H groups in total. The van der Waals surface area contributed by atoms with Gasteiger partial charge in [0.15, 0.2) is 0 Å². The van der Waals surface area contributed by atoms with Crippen molar-refractivity contribution in [1.82, 2.24) is 4.90 Å². The van der Waals surface area contributed by atoms with Crippen molar-refractivity contribution >= 4 is 11.7 Å². The standard InChI is InChI=1S/C26H27FN2O4/c1-18-6-8-25(31-2)23(12-18)28-26(30)29-10-11-33-24-9-7-20(13-21(24)15-29)17-32-16-19-4-3-5-22(27)14-19/h3-9,12-14H,10-11,15-17H2,1-2H3,(H,28,30). The molecule has 172 valence electrons. The highest BCUT2D eigenvalue weighted by atomic mass is 19.1. The van der Waals surface area contributed by atoms with Crippen LogP contribution in [0.2, 0.25) is 0 Å². The molecule has 6 nitrogen and oxygen atoms in total. The van der Waals surface area contributed by atoms with Gasteiger partial charge in [0.05, 0.1) is 39.1 Å². The second-order valence-corrected chi connectivity index (χ2v) is 7.97. The normalized spacial score (nSPS) is 13.0. The Balaban J connectivity index is 1.42. The molecule has 33 heavy (non-hydrogen) atoms. The van der Waals surface area contributed by atoms with Crippen LogP contribution in [0.25, 0.3) is 0 Å². The van der Waals surface area contributed by atoms with Crippen molar-refractivity contribution < 1.29 is 23.4 Å². The molecule has 0 aromatic heterocycles. The van der Waals surface area contributed by atoms with Gasteiger partial charge in [0.25, 0.3) is 0 Å². The lowest BCUT2D eigenvalue weighted by molar-refractivity contribution is 0.107. The maximum Gasteiger partial charge on any atom is 0.322 e. The Labute approximate surface area is 192 Å². The summed E-state index contributed by atoms with van der Waals surface area (Å²) in [6.07, 6.45) is 0. The Hall–Kier alpha value is -3.58. The average Bonchev–Trinajstić information content (AvgIpc) is 3.01. The summed E-state index contributed by atoms with van der Waals surface area (Å²) < 4.78 is 30.3. The lowest BCUT2D eigenvalue weighted by atomic mass is 10.1. The van der Waals surface area contributed by atoms with Crippen molar-refractivity contribution in [3.8, 4) is 11.5 Å². The fourth-order valence-corrected chi connectivity index (χ4v) is 3.74. The number of carbonyl (C=O) groups excluding carboxylic acids is 1. The van der Waals surface area contributed by atoms with Crippen LogP contribution in [0, 0.1) is 12.7 Å². The van der Waals surface area contributed by atoms with E-state index in [2.05, 4.69) is 5.32 Å². The molecule has 3 aromatic carbocycles. The van der Waals surface area contributed by atoms with Gasteiger partial charge < -0.3 is 24.4 Å². The number of hydrogen-bond acceptors (Lipinski definition) is 4. The third-order valence-corrected chi connectivity index (χ3v) is 5.42. The van der Waals surface area contributed by atoms with E-state index in [-0.39, 0.29) is 11.8 Å². The summed E-state index contributed by atoms with van der Waals surface area (Å²) >= 11 is 0. The zero-order chi connectivity index (χ0) is 23.2. The van der Waals surface area contributed by atoms with Crippen molar-refractivity contribution in [2.75, 3.05) is 25.6 Å². The molecule has 0 saturated carbocycles. The molecule has 4 rings (SSSR count). The third-order valence-electron chi connectivity index (χ3n) is 5.42. The van der Waals surface area contributed by atoms with E-state index in [1.165, 1.54) is 12.1 Å². The van der Waals surface area contributed by atoms with Crippen LogP contribution in [0.1, 0.15) is 22.3 Å². The summed E-state index contributed by atoms with van der Waals surface area (Å²) in [7, 11) is 1.58. The molecule has 1 aliphatic heterocycles. The average molecular weight is 451 g/mol. The summed E-state index contributed by atoms with van der Waals surface area (Å²) in [4.78, 5) is 14.7. The Kier molecular flexibility index (Phi) is 7.10. The Morgan fingerprint density at radius 1 is 1.09 bits per heavy atom. The molecule has 0 saturated heterocycles. The van der Waals surface area contributed by atoms with Crippen LogP contribution in [0.4, 0.5) is 14.9 Å². The number of benzene rings is 3. The monoisotopic (exact) mass is 450 g/mol. The zero-order valence-electron chi connectivity index (χ0n) is 18.8. The van der Waals surface area contributed by atoms with Gasteiger partial charge in [-0.25, -0.2) is 9.18 Å². The fraction of sp³-hybridized carbons (Fsp3) is 0.269. The van der Waals surface area contributed by atoms with E-state index in [9.17, 15) is 9.18 Å². The highest BCUT2D eigenvalue weighted by molar-refractivity contribution is 5.91. The van der Waals surface area contributed by atoms with Crippen molar-refractivity contribution in [3.63, 3.8) is 0 Å². The van der Waals surface area contributed by atoms with Crippen LogP contribution in [0.15, 0.2) is 60.7 Å². The van der Waals surface area contributed by atoms with Crippen molar-refractivity contribution in [1.29, 1.82) is 0 Å². The van der Waals surface area contributed by atoms with Gasteiger partial charge in [-0.1, -0.05) is 24.3 Å². The first kappa shape index (κ1) is 22.6. The number of halogens is 1. The van der Waals surface area contributed by atoms with E-state index in [0.717, 1.165) is 28.0 Å². The highest BCUT2D eigenvalue weighted by Gasteiger charge is 2.21. The number of amides is 2. The predicted molar refractivity (Wildman–Crippen MR) is 124 cm³/mol. The summed E-state index contributed by atoms with van der Waals surface area (Å²) in [5.74, 6) is 1.09. The van der Waals surface area contributed by atoms with Crippen LogP contribution in [-0.4, -0.2) is 31.2 Å². The summed E-state index contributed by atoms with van der Waals surface area (Å²) in [5, 5.41) is 2.95. The van der Waals surface area contributed by atoms with Crippen molar-refractivity contribution in [2.45, 2.75) is 26.7 Å². The van der Waals surface area contributed by atoms with Gasteiger partial charge in [-0.15, -0.1) is 0 Å². The summed E-state index contributed by atoms with van der Waals surface area (Å²) in [6, 6.07) is 17.6. The number of nitrogens with one attached hydrogen (secondary N) is 1. The minimum Gasteiger partial charge on any atom is -0.495 e. The zero-order valence-corrected chi connectivity index (χ0v) is 18.8. The number of methoxy groups -OCH3 is 1. The number of hydrogen-bond donors (Lipinski definition) is 1. The fourth-order valence-electron chi connectivity index (χ4n) is 3.74. The first-order valence-electron chi connectivity index (χ1n) is 10.8. The van der Waals surface area contributed by atoms with Crippen molar-refractivity contribution in [2.24, 2.45) is 0 Å². The first-order valence-corrected chi connectivity index (χ1v) is 10.8. The Bertz CT molecular complexity index is 1140. The minimum absolute atomic E-state index is 0.219. The van der Waals surface area contributed by atoms with Gasteiger partial charge in [0.2, 0.25) is 0 Å². The summed E-state index contributed by atoms with van der Waals surface area (Å²) in [6.45, 7) is 3.92. The Morgan fingerprint density at radius 2 is 1.91 bits per heavy atom. The molecule has 0 aliphatic carbocycles. The number of urea groups is 1. The van der Waals surface area contributed by atoms with Gasteiger partial charge in [0, 0.05) is 5.56 Å². The third kappa shape index (κ3) is 5.81. The van der Waals surface area contributed by atoms with E-state index in [1.807, 2.05) is 49.4 Å². The molecular weight excluding hydrogens is 423 g/mol. The van der Waals surface area contributed by atoms with Crippen LogP contribution in [-0.2, 0) is 24.5 Å². The minimum atomic E-state index is -0.278. The van der Waals surface area contributed by atoms with E-state index in [0.29, 0.717) is 44.3 Å². The van der Waals surface area contributed by atoms with Gasteiger partial charge >= 0.3 is 6.03 Å². The van der Waals surface area contributed by atoms with Crippen molar-refractivity contribution in [3.05, 3.63) is 88.7 Å². The van der Waals surface area contributed by atoms with E-state index in [1.54, 1.807) is 18.1 Å². The number of ether oxygens (including phenoxy) is 3. The number of nitrogens with zero attached hydrogens (tertiary/aromatic N) is 1. The van der Waals surface area contributed by atoms with E-state index in [4.69, 9.17) is 14.2 Å². The maximum absolute atomic E-state index is 13.3. The van der Waals surface area contributed by atoms with E-state index >= 15 is 0 Å². The van der Waals surface area contributed by atoms with Crippen LogP contribution < -0.4 is 14.8 Å². The number of rotatable bonds is 6. The van der Waals surface area contributed by atoms with Gasteiger partial charge in [-0.05, 0) is 60.0 Å². The molecule has 0 atom stereocenters.